The van der Waals surface area contributed by atoms with E-state index in [0.717, 1.165) is 22.1 Å². The quantitative estimate of drug-likeness (QED) is 0.634. The summed E-state index contributed by atoms with van der Waals surface area (Å²) in [4.78, 5) is 12.9. The van der Waals surface area contributed by atoms with Crippen LogP contribution >= 0.6 is 11.8 Å². The number of nitrogens with two attached hydrogens (primary N) is 1. The monoisotopic (exact) mass is 302 g/mol. The van der Waals surface area contributed by atoms with Crippen LogP contribution in [0.4, 0.5) is 11.4 Å². The molecule has 0 saturated carbocycles. The van der Waals surface area contributed by atoms with Crippen molar-refractivity contribution in [3.63, 3.8) is 0 Å². The number of thioether (sulfide) groups is 1. The van der Waals surface area contributed by atoms with Crippen LogP contribution in [0.5, 0.6) is 5.75 Å². The van der Waals surface area contributed by atoms with Gasteiger partial charge in [0, 0.05) is 28.4 Å². The number of nitrogen functional groups attached to an aromatic ring is 1. The van der Waals surface area contributed by atoms with E-state index < -0.39 is 0 Å². The van der Waals surface area contributed by atoms with Crippen molar-refractivity contribution < 1.29 is 9.53 Å². The Labute approximate surface area is 128 Å². The first-order valence-electron chi connectivity index (χ1n) is 6.59. The van der Waals surface area contributed by atoms with Crippen molar-refractivity contribution in [1.29, 1.82) is 0 Å². The van der Waals surface area contributed by atoms with E-state index in [1.54, 1.807) is 43.1 Å². The number of ether oxygens (including phenoxy) is 1. The standard InChI is InChI=1S/C16H18N2O2S/c1-20-14-6-8-15(9-7-14)21-11-10-16(19)18-13-4-2-12(17)3-5-13/h2-9H,10-11,17H2,1H3,(H,18,19). The molecule has 0 aliphatic heterocycles. The lowest BCUT2D eigenvalue weighted by Gasteiger charge is -2.06. The zero-order chi connectivity index (χ0) is 15.1. The summed E-state index contributed by atoms with van der Waals surface area (Å²) in [6, 6.07) is 14.9. The number of anilines is 2. The lowest BCUT2D eigenvalue weighted by Crippen LogP contribution is -2.12. The molecule has 0 aliphatic carbocycles. The average Bonchev–Trinajstić information content (AvgIpc) is 2.50. The summed E-state index contributed by atoms with van der Waals surface area (Å²) >= 11 is 1.64. The normalized spacial score (nSPS) is 10.1. The number of methoxy groups -OCH3 is 1. The van der Waals surface area contributed by atoms with Gasteiger partial charge in [0.2, 0.25) is 5.91 Å². The molecule has 2 aromatic carbocycles. The molecule has 3 N–H and O–H groups in total. The van der Waals surface area contributed by atoms with Crippen molar-refractivity contribution in [2.24, 2.45) is 0 Å². The molecule has 0 aliphatic rings. The first-order chi connectivity index (χ1) is 10.2. The number of hydrogen-bond donors (Lipinski definition) is 2. The van der Waals surface area contributed by atoms with Gasteiger partial charge in [-0.2, -0.15) is 0 Å². The molecule has 1 amide bonds. The molecule has 110 valence electrons. The molecular formula is C16H18N2O2S. The summed E-state index contributed by atoms with van der Waals surface area (Å²) in [5, 5.41) is 2.85. The minimum absolute atomic E-state index is 0.000725. The predicted octanol–water partition coefficient (Wildman–Crippen LogP) is 3.40. The molecule has 0 radical (unpaired) electrons. The largest absolute Gasteiger partial charge is 0.497 e. The molecule has 4 nitrogen and oxygen atoms in total. The highest BCUT2D eigenvalue weighted by Crippen LogP contribution is 2.22. The van der Waals surface area contributed by atoms with E-state index in [4.69, 9.17) is 10.5 Å². The first-order valence-corrected chi connectivity index (χ1v) is 7.58. The molecule has 2 aromatic rings. The van der Waals surface area contributed by atoms with Gasteiger partial charge in [-0.1, -0.05) is 0 Å². The number of amides is 1. The smallest absolute Gasteiger partial charge is 0.225 e. The van der Waals surface area contributed by atoms with E-state index in [2.05, 4.69) is 5.32 Å². The molecule has 21 heavy (non-hydrogen) atoms. The van der Waals surface area contributed by atoms with E-state index in [1.165, 1.54) is 0 Å². The van der Waals surface area contributed by atoms with Gasteiger partial charge in [0.15, 0.2) is 0 Å². The molecule has 0 atom stereocenters. The van der Waals surface area contributed by atoms with Crippen LogP contribution in [0.15, 0.2) is 53.4 Å². The fraction of sp³-hybridized carbons (Fsp3) is 0.188. The van der Waals surface area contributed by atoms with Crippen molar-refractivity contribution >= 4 is 29.0 Å². The lowest BCUT2D eigenvalue weighted by atomic mass is 10.3. The van der Waals surface area contributed by atoms with E-state index >= 15 is 0 Å². The fourth-order valence-electron chi connectivity index (χ4n) is 1.72. The van der Waals surface area contributed by atoms with Gasteiger partial charge in [-0.3, -0.25) is 4.79 Å². The van der Waals surface area contributed by atoms with Gasteiger partial charge in [-0.15, -0.1) is 11.8 Å². The lowest BCUT2D eigenvalue weighted by molar-refractivity contribution is -0.115. The second-order valence-electron chi connectivity index (χ2n) is 4.44. The Morgan fingerprint density at radius 2 is 1.81 bits per heavy atom. The van der Waals surface area contributed by atoms with Gasteiger partial charge < -0.3 is 15.8 Å². The van der Waals surface area contributed by atoms with Crippen LogP contribution in [0.2, 0.25) is 0 Å². The maximum absolute atomic E-state index is 11.8. The molecular weight excluding hydrogens is 284 g/mol. The predicted molar refractivity (Wildman–Crippen MR) is 87.8 cm³/mol. The zero-order valence-electron chi connectivity index (χ0n) is 11.8. The molecule has 0 heterocycles. The van der Waals surface area contributed by atoms with Crippen LogP contribution in [0.1, 0.15) is 6.42 Å². The molecule has 0 aromatic heterocycles. The van der Waals surface area contributed by atoms with Crippen LogP contribution in [-0.4, -0.2) is 18.8 Å². The fourth-order valence-corrected chi connectivity index (χ4v) is 2.58. The maximum Gasteiger partial charge on any atom is 0.225 e. The second-order valence-corrected chi connectivity index (χ2v) is 5.61. The zero-order valence-corrected chi connectivity index (χ0v) is 12.7. The third kappa shape index (κ3) is 5.04. The van der Waals surface area contributed by atoms with Gasteiger partial charge >= 0.3 is 0 Å². The van der Waals surface area contributed by atoms with E-state index in [0.29, 0.717) is 12.1 Å². The van der Waals surface area contributed by atoms with E-state index in [-0.39, 0.29) is 5.91 Å². The van der Waals surface area contributed by atoms with Crippen molar-refractivity contribution in [2.75, 3.05) is 23.9 Å². The molecule has 0 fully saturated rings. The minimum atomic E-state index is 0.000725. The van der Waals surface area contributed by atoms with Crippen LogP contribution < -0.4 is 15.8 Å². The van der Waals surface area contributed by atoms with Crippen LogP contribution in [0.25, 0.3) is 0 Å². The topological polar surface area (TPSA) is 64.3 Å². The summed E-state index contributed by atoms with van der Waals surface area (Å²) in [5.41, 5.74) is 7.05. The van der Waals surface area contributed by atoms with E-state index in [1.807, 2.05) is 24.3 Å². The SMILES string of the molecule is COc1ccc(SCCC(=O)Nc2ccc(N)cc2)cc1. The van der Waals surface area contributed by atoms with Gasteiger partial charge in [0.05, 0.1) is 7.11 Å². The van der Waals surface area contributed by atoms with Crippen molar-refractivity contribution in [3.8, 4) is 5.75 Å². The van der Waals surface area contributed by atoms with Crippen molar-refractivity contribution in [3.05, 3.63) is 48.5 Å². The Bertz CT molecular complexity index is 582. The van der Waals surface area contributed by atoms with Gasteiger partial charge in [-0.25, -0.2) is 0 Å². The third-order valence-corrected chi connectivity index (χ3v) is 3.87. The summed E-state index contributed by atoms with van der Waals surface area (Å²) in [6.07, 6.45) is 0.459. The summed E-state index contributed by atoms with van der Waals surface area (Å²) in [5.74, 6) is 1.56. The number of benzene rings is 2. The number of carbonyl (C=O) groups is 1. The van der Waals surface area contributed by atoms with Gasteiger partial charge in [0.1, 0.15) is 5.75 Å². The molecule has 0 bridgehead atoms. The Morgan fingerprint density at radius 3 is 2.43 bits per heavy atom. The number of carbonyl (C=O) groups excluding carboxylic acids is 1. The number of hydrogen-bond acceptors (Lipinski definition) is 4. The Hall–Kier alpha value is -2.14. The minimum Gasteiger partial charge on any atom is -0.497 e. The molecule has 0 unspecified atom stereocenters. The van der Waals surface area contributed by atoms with E-state index in [9.17, 15) is 4.79 Å². The maximum atomic E-state index is 11.8. The molecule has 2 rings (SSSR count). The van der Waals surface area contributed by atoms with Crippen molar-refractivity contribution in [2.45, 2.75) is 11.3 Å². The van der Waals surface area contributed by atoms with Crippen molar-refractivity contribution in [1.82, 2.24) is 0 Å². The Kier molecular flexibility index (Phi) is 5.51. The average molecular weight is 302 g/mol. The van der Waals surface area contributed by atoms with Gasteiger partial charge in [-0.05, 0) is 48.5 Å². The molecule has 0 saturated heterocycles. The number of nitrogens with one attached hydrogen (secondary N) is 1. The molecule has 0 spiro atoms. The molecule has 5 heteroatoms. The number of rotatable bonds is 6. The summed E-state index contributed by atoms with van der Waals surface area (Å²) in [7, 11) is 1.64. The third-order valence-electron chi connectivity index (χ3n) is 2.85. The highest BCUT2D eigenvalue weighted by atomic mass is 32.2. The van der Waals surface area contributed by atoms with Crippen LogP contribution in [0.3, 0.4) is 0 Å². The summed E-state index contributed by atoms with van der Waals surface area (Å²) < 4.78 is 5.10. The Morgan fingerprint density at radius 1 is 1.14 bits per heavy atom. The highest BCUT2D eigenvalue weighted by Gasteiger charge is 2.03. The highest BCUT2D eigenvalue weighted by molar-refractivity contribution is 7.99. The van der Waals surface area contributed by atoms with Crippen LogP contribution in [-0.2, 0) is 4.79 Å². The van der Waals surface area contributed by atoms with Crippen LogP contribution in [0, 0.1) is 0 Å². The summed E-state index contributed by atoms with van der Waals surface area (Å²) in [6.45, 7) is 0. The second kappa shape index (κ2) is 7.59. The Balaban J connectivity index is 1.74. The van der Waals surface area contributed by atoms with Gasteiger partial charge in [0.25, 0.3) is 0 Å². The first kappa shape index (κ1) is 15.3.